The quantitative estimate of drug-likeness (QED) is 0.529. The van der Waals surface area contributed by atoms with Gasteiger partial charge in [-0.1, -0.05) is 30.3 Å². The summed E-state index contributed by atoms with van der Waals surface area (Å²) < 4.78 is 21.2. The van der Waals surface area contributed by atoms with Crippen molar-refractivity contribution in [1.82, 2.24) is 10.1 Å². The lowest BCUT2D eigenvalue weighted by Gasteiger charge is -2.08. The van der Waals surface area contributed by atoms with Crippen LogP contribution < -0.4 is 9.47 Å². The van der Waals surface area contributed by atoms with Crippen LogP contribution in [-0.2, 0) is 22.6 Å². The average molecular weight is 368 g/mol. The van der Waals surface area contributed by atoms with Crippen LogP contribution in [0.25, 0.3) is 0 Å². The number of para-hydroxylation sites is 1. The number of rotatable bonds is 9. The molecule has 0 bridgehead atoms. The third kappa shape index (κ3) is 5.85. The second kappa shape index (κ2) is 9.38. The van der Waals surface area contributed by atoms with Crippen molar-refractivity contribution in [3.8, 4) is 17.2 Å². The summed E-state index contributed by atoms with van der Waals surface area (Å²) in [6, 6.07) is 16.4. The summed E-state index contributed by atoms with van der Waals surface area (Å²) in [6.07, 6.45) is 1.65. The van der Waals surface area contributed by atoms with Gasteiger partial charge < -0.3 is 18.7 Å². The van der Waals surface area contributed by atoms with E-state index >= 15 is 0 Å². The molecule has 27 heavy (non-hydrogen) atoms. The average Bonchev–Trinajstić information content (AvgIpc) is 3.14. The standard InChI is InChI=1S/C20H20N2O5/c1-2-6-18-21-19(27-22-18)13-25-20(23)14-24-15-9-11-17(12-10-15)26-16-7-4-3-5-8-16/h3-5,7-12H,2,6,13-14H2,1H3. The van der Waals surface area contributed by atoms with Gasteiger partial charge in [0, 0.05) is 6.42 Å². The molecule has 0 amide bonds. The molecule has 0 aliphatic heterocycles. The zero-order valence-corrected chi connectivity index (χ0v) is 15.0. The molecule has 7 nitrogen and oxygen atoms in total. The molecule has 3 rings (SSSR count). The van der Waals surface area contributed by atoms with Gasteiger partial charge in [-0.25, -0.2) is 4.79 Å². The van der Waals surface area contributed by atoms with Crippen LogP contribution in [-0.4, -0.2) is 22.7 Å². The summed E-state index contributed by atoms with van der Waals surface area (Å²) in [5.74, 6) is 2.32. The Labute approximate surface area is 156 Å². The topological polar surface area (TPSA) is 83.7 Å². The van der Waals surface area contributed by atoms with E-state index in [1.807, 2.05) is 37.3 Å². The monoisotopic (exact) mass is 368 g/mol. The van der Waals surface area contributed by atoms with Crippen LogP contribution in [0, 0.1) is 0 Å². The number of esters is 1. The highest BCUT2D eigenvalue weighted by Gasteiger charge is 2.10. The third-order valence-electron chi connectivity index (χ3n) is 3.50. The van der Waals surface area contributed by atoms with E-state index in [9.17, 15) is 4.79 Å². The Morgan fingerprint density at radius 3 is 2.44 bits per heavy atom. The van der Waals surface area contributed by atoms with E-state index in [1.54, 1.807) is 24.3 Å². The minimum atomic E-state index is -0.519. The van der Waals surface area contributed by atoms with E-state index in [1.165, 1.54) is 0 Å². The highest BCUT2D eigenvalue weighted by atomic mass is 16.6. The zero-order chi connectivity index (χ0) is 18.9. The Balaban J connectivity index is 1.41. The molecule has 2 aromatic carbocycles. The first-order valence-electron chi connectivity index (χ1n) is 8.66. The highest BCUT2D eigenvalue weighted by Crippen LogP contribution is 2.23. The second-order valence-electron chi connectivity index (χ2n) is 5.69. The van der Waals surface area contributed by atoms with Crippen molar-refractivity contribution in [2.75, 3.05) is 6.61 Å². The van der Waals surface area contributed by atoms with Crippen LogP contribution in [0.15, 0.2) is 59.1 Å². The van der Waals surface area contributed by atoms with Crippen LogP contribution in [0.5, 0.6) is 17.2 Å². The first-order chi connectivity index (χ1) is 13.2. The number of hydrogen-bond donors (Lipinski definition) is 0. The van der Waals surface area contributed by atoms with Gasteiger partial charge in [0.1, 0.15) is 17.2 Å². The van der Waals surface area contributed by atoms with Crippen molar-refractivity contribution in [1.29, 1.82) is 0 Å². The minimum Gasteiger partial charge on any atom is -0.482 e. The highest BCUT2D eigenvalue weighted by molar-refractivity contribution is 5.71. The Hall–Kier alpha value is -3.35. The molecule has 7 heteroatoms. The minimum absolute atomic E-state index is 0.0667. The molecular weight excluding hydrogens is 348 g/mol. The lowest BCUT2D eigenvalue weighted by Crippen LogP contribution is -2.14. The van der Waals surface area contributed by atoms with E-state index < -0.39 is 5.97 Å². The maximum Gasteiger partial charge on any atom is 0.344 e. The fourth-order valence-electron chi connectivity index (χ4n) is 2.23. The van der Waals surface area contributed by atoms with Crippen LogP contribution in [0.4, 0.5) is 0 Å². The lowest BCUT2D eigenvalue weighted by molar-refractivity contribution is -0.148. The van der Waals surface area contributed by atoms with Gasteiger partial charge in [0.05, 0.1) is 0 Å². The molecule has 0 aliphatic rings. The molecule has 0 fully saturated rings. The number of carbonyl (C=O) groups excluding carboxylic acids is 1. The molecule has 0 saturated heterocycles. The summed E-state index contributed by atoms with van der Waals surface area (Å²) in [7, 11) is 0. The molecule has 1 aromatic heterocycles. The van der Waals surface area contributed by atoms with Gasteiger partial charge in [-0.2, -0.15) is 4.98 Å². The van der Waals surface area contributed by atoms with Crippen molar-refractivity contribution >= 4 is 5.97 Å². The normalized spacial score (nSPS) is 10.4. The van der Waals surface area contributed by atoms with Gasteiger partial charge in [0.2, 0.25) is 0 Å². The van der Waals surface area contributed by atoms with Crippen LogP contribution >= 0.6 is 0 Å². The summed E-state index contributed by atoms with van der Waals surface area (Å²) in [4.78, 5) is 15.9. The first kappa shape index (κ1) is 18.4. The van der Waals surface area contributed by atoms with E-state index in [0.29, 0.717) is 17.3 Å². The molecule has 0 atom stereocenters. The molecule has 140 valence electrons. The number of ether oxygens (including phenoxy) is 3. The Morgan fingerprint density at radius 2 is 1.70 bits per heavy atom. The lowest BCUT2D eigenvalue weighted by atomic mass is 10.3. The molecule has 0 N–H and O–H groups in total. The zero-order valence-electron chi connectivity index (χ0n) is 15.0. The molecule has 0 unspecified atom stereocenters. The predicted octanol–water partition coefficient (Wildman–Crippen LogP) is 3.94. The molecule has 0 radical (unpaired) electrons. The van der Waals surface area contributed by atoms with Crippen molar-refractivity contribution in [2.24, 2.45) is 0 Å². The number of carbonyl (C=O) groups is 1. The van der Waals surface area contributed by atoms with Crippen LogP contribution in [0.3, 0.4) is 0 Å². The van der Waals surface area contributed by atoms with Gasteiger partial charge in [0.25, 0.3) is 5.89 Å². The van der Waals surface area contributed by atoms with Gasteiger partial charge in [-0.3, -0.25) is 0 Å². The van der Waals surface area contributed by atoms with Gasteiger partial charge >= 0.3 is 5.97 Å². The van der Waals surface area contributed by atoms with Crippen LogP contribution in [0.2, 0.25) is 0 Å². The number of nitrogens with zero attached hydrogens (tertiary/aromatic N) is 2. The van der Waals surface area contributed by atoms with Gasteiger partial charge in [-0.15, -0.1) is 0 Å². The second-order valence-corrected chi connectivity index (χ2v) is 5.69. The number of aromatic nitrogens is 2. The molecule has 0 spiro atoms. The van der Waals surface area contributed by atoms with Crippen molar-refractivity contribution < 1.29 is 23.5 Å². The summed E-state index contributed by atoms with van der Waals surface area (Å²) in [5, 5.41) is 3.80. The number of benzene rings is 2. The van der Waals surface area contributed by atoms with E-state index in [2.05, 4.69) is 10.1 Å². The third-order valence-corrected chi connectivity index (χ3v) is 3.50. The van der Waals surface area contributed by atoms with Gasteiger partial charge in [-0.05, 0) is 42.8 Å². The number of hydrogen-bond acceptors (Lipinski definition) is 7. The van der Waals surface area contributed by atoms with E-state index in [4.69, 9.17) is 18.7 Å². The maximum atomic E-state index is 11.8. The maximum absolute atomic E-state index is 11.8. The smallest absolute Gasteiger partial charge is 0.344 e. The summed E-state index contributed by atoms with van der Waals surface area (Å²) >= 11 is 0. The van der Waals surface area contributed by atoms with E-state index in [0.717, 1.165) is 18.6 Å². The Bertz CT molecular complexity index is 846. The van der Waals surface area contributed by atoms with Crippen molar-refractivity contribution in [3.63, 3.8) is 0 Å². The molecule has 3 aromatic rings. The predicted molar refractivity (Wildman–Crippen MR) is 96.5 cm³/mol. The molecular formula is C20H20N2O5. The van der Waals surface area contributed by atoms with Crippen molar-refractivity contribution in [2.45, 2.75) is 26.4 Å². The van der Waals surface area contributed by atoms with Crippen LogP contribution in [0.1, 0.15) is 25.1 Å². The SMILES string of the molecule is CCCc1noc(COC(=O)COc2ccc(Oc3ccccc3)cc2)n1. The fourth-order valence-corrected chi connectivity index (χ4v) is 2.23. The molecule has 0 saturated carbocycles. The summed E-state index contributed by atoms with van der Waals surface area (Å²) in [6.45, 7) is 1.74. The van der Waals surface area contributed by atoms with Crippen molar-refractivity contribution in [3.05, 3.63) is 66.3 Å². The fraction of sp³-hybridized carbons (Fsp3) is 0.250. The Kier molecular flexibility index (Phi) is 6.40. The summed E-state index contributed by atoms with van der Waals surface area (Å²) in [5.41, 5.74) is 0. The van der Waals surface area contributed by atoms with Gasteiger partial charge in [0.15, 0.2) is 19.0 Å². The molecule has 0 aliphatic carbocycles. The largest absolute Gasteiger partial charge is 0.482 e. The number of aryl methyl sites for hydroxylation is 1. The van der Waals surface area contributed by atoms with E-state index in [-0.39, 0.29) is 19.1 Å². The molecule has 1 heterocycles. The Morgan fingerprint density at radius 1 is 1.00 bits per heavy atom. The first-order valence-corrected chi connectivity index (χ1v) is 8.66.